The standard InChI is InChI=1S/C18H14N2OS2/c21-18(17-9-5-11-23-17)20-15(16-8-4-10-22-16)12-14(19-20)13-6-2-1-3-7-13/h1-11,15H,12H2/t15-/m1/s1. The molecule has 1 atom stereocenters. The zero-order valence-corrected chi connectivity index (χ0v) is 13.9. The molecule has 0 saturated heterocycles. The van der Waals surface area contributed by atoms with Crippen molar-refractivity contribution in [2.45, 2.75) is 12.5 Å². The molecule has 0 spiro atoms. The van der Waals surface area contributed by atoms with Gasteiger partial charge in [0, 0.05) is 11.3 Å². The maximum absolute atomic E-state index is 12.8. The van der Waals surface area contributed by atoms with Crippen LogP contribution in [0, 0.1) is 0 Å². The van der Waals surface area contributed by atoms with E-state index in [1.165, 1.54) is 16.2 Å². The normalized spacial score (nSPS) is 17.3. The van der Waals surface area contributed by atoms with E-state index in [4.69, 9.17) is 0 Å². The van der Waals surface area contributed by atoms with E-state index in [0.29, 0.717) is 0 Å². The molecule has 1 aliphatic heterocycles. The molecule has 3 heterocycles. The minimum atomic E-state index is -0.0238. The second kappa shape index (κ2) is 6.10. The fourth-order valence-electron chi connectivity index (χ4n) is 2.72. The van der Waals surface area contributed by atoms with Gasteiger partial charge in [0.15, 0.2) is 0 Å². The minimum Gasteiger partial charge on any atom is -0.266 e. The van der Waals surface area contributed by atoms with Crippen molar-refractivity contribution in [1.82, 2.24) is 5.01 Å². The van der Waals surface area contributed by atoms with Gasteiger partial charge in [-0.05, 0) is 28.5 Å². The van der Waals surface area contributed by atoms with Crippen molar-refractivity contribution in [2.75, 3.05) is 0 Å². The van der Waals surface area contributed by atoms with E-state index in [9.17, 15) is 4.79 Å². The molecule has 0 radical (unpaired) electrons. The number of nitrogens with zero attached hydrogens (tertiary/aromatic N) is 2. The quantitative estimate of drug-likeness (QED) is 0.675. The Hall–Kier alpha value is -2.24. The Morgan fingerprint density at radius 1 is 1.00 bits per heavy atom. The lowest BCUT2D eigenvalue weighted by molar-refractivity contribution is 0.0719. The smallest absolute Gasteiger partial charge is 0.266 e. The zero-order valence-electron chi connectivity index (χ0n) is 12.3. The number of hydrogen-bond donors (Lipinski definition) is 0. The molecule has 3 nitrogen and oxygen atoms in total. The molecule has 2 aromatic heterocycles. The van der Waals surface area contributed by atoms with Gasteiger partial charge in [0.25, 0.3) is 5.91 Å². The van der Waals surface area contributed by atoms with Crippen molar-refractivity contribution in [3.63, 3.8) is 0 Å². The summed E-state index contributed by atoms with van der Waals surface area (Å²) < 4.78 is 0. The molecule has 114 valence electrons. The van der Waals surface area contributed by atoms with Crippen LogP contribution < -0.4 is 0 Å². The first-order chi connectivity index (χ1) is 11.3. The van der Waals surface area contributed by atoms with Crippen LogP contribution in [0.15, 0.2) is 70.5 Å². The van der Waals surface area contributed by atoms with Gasteiger partial charge in [0.1, 0.15) is 0 Å². The maximum Gasteiger partial charge on any atom is 0.284 e. The number of hydrazone groups is 1. The van der Waals surface area contributed by atoms with Gasteiger partial charge in [-0.1, -0.05) is 42.5 Å². The van der Waals surface area contributed by atoms with Gasteiger partial charge in [-0.15, -0.1) is 22.7 Å². The molecule has 1 aliphatic rings. The van der Waals surface area contributed by atoms with Crippen molar-refractivity contribution in [2.24, 2.45) is 5.10 Å². The summed E-state index contributed by atoms with van der Waals surface area (Å²) in [5.74, 6) is -0.0238. The predicted octanol–water partition coefficient (Wildman–Crippen LogP) is 4.80. The van der Waals surface area contributed by atoms with Gasteiger partial charge < -0.3 is 0 Å². The van der Waals surface area contributed by atoms with E-state index in [-0.39, 0.29) is 11.9 Å². The number of carbonyl (C=O) groups is 1. The number of benzene rings is 1. The summed E-state index contributed by atoms with van der Waals surface area (Å²) in [5.41, 5.74) is 2.05. The van der Waals surface area contributed by atoms with Crippen molar-refractivity contribution < 1.29 is 4.79 Å². The van der Waals surface area contributed by atoms with E-state index >= 15 is 0 Å². The van der Waals surface area contributed by atoms with Crippen molar-refractivity contribution in [3.8, 4) is 0 Å². The molecule has 0 aliphatic carbocycles. The SMILES string of the molecule is O=C(c1cccs1)N1N=C(c2ccccc2)C[C@@H]1c1cccs1. The Labute approximate surface area is 142 Å². The summed E-state index contributed by atoms with van der Waals surface area (Å²) in [6.07, 6.45) is 0.752. The zero-order chi connectivity index (χ0) is 15.6. The van der Waals surface area contributed by atoms with Crippen LogP contribution in [0.25, 0.3) is 0 Å². The number of thiophene rings is 2. The Balaban J connectivity index is 1.72. The molecule has 0 N–H and O–H groups in total. The van der Waals surface area contributed by atoms with Crippen LogP contribution in [0.3, 0.4) is 0 Å². The highest BCUT2D eigenvalue weighted by Gasteiger charge is 2.34. The van der Waals surface area contributed by atoms with Gasteiger partial charge in [0.05, 0.1) is 16.6 Å². The molecule has 0 saturated carbocycles. The molecule has 3 aromatic rings. The van der Waals surface area contributed by atoms with Crippen molar-refractivity contribution in [1.29, 1.82) is 0 Å². The fraction of sp³-hybridized carbons (Fsp3) is 0.111. The summed E-state index contributed by atoms with van der Waals surface area (Å²) >= 11 is 3.13. The van der Waals surface area contributed by atoms with E-state index in [1.807, 2.05) is 59.3 Å². The molecule has 0 bridgehead atoms. The van der Waals surface area contributed by atoms with Crippen LogP contribution >= 0.6 is 22.7 Å². The number of rotatable bonds is 3. The fourth-order valence-corrected chi connectivity index (χ4v) is 4.19. The lowest BCUT2D eigenvalue weighted by atomic mass is 10.0. The third-order valence-corrected chi connectivity index (χ3v) is 5.66. The number of hydrogen-bond acceptors (Lipinski definition) is 4. The molecule has 23 heavy (non-hydrogen) atoms. The first-order valence-corrected chi connectivity index (χ1v) is 9.12. The molecular weight excluding hydrogens is 324 g/mol. The predicted molar refractivity (Wildman–Crippen MR) is 95.1 cm³/mol. The first-order valence-electron chi connectivity index (χ1n) is 7.36. The second-order valence-electron chi connectivity index (χ2n) is 5.28. The maximum atomic E-state index is 12.8. The monoisotopic (exact) mass is 338 g/mol. The summed E-state index contributed by atoms with van der Waals surface area (Å²) in [5, 5.41) is 10.3. The van der Waals surface area contributed by atoms with Crippen molar-refractivity contribution in [3.05, 3.63) is 80.7 Å². The van der Waals surface area contributed by atoms with Gasteiger partial charge in [-0.3, -0.25) is 4.79 Å². The van der Waals surface area contributed by atoms with Crippen LogP contribution in [0.2, 0.25) is 0 Å². The largest absolute Gasteiger partial charge is 0.284 e. The highest BCUT2D eigenvalue weighted by molar-refractivity contribution is 7.12. The van der Waals surface area contributed by atoms with Crippen LogP contribution in [0.4, 0.5) is 0 Å². The third-order valence-electron chi connectivity index (χ3n) is 3.83. The van der Waals surface area contributed by atoms with E-state index in [2.05, 4.69) is 11.2 Å². The Morgan fingerprint density at radius 3 is 2.48 bits per heavy atom. The molecule has 5 heteroatoms. The molecule has 1 aromatic carbocycles. The van der Waals surface area contributed by atoms with Crippen LogP contribution in [-0.4, -0.2) is 16.6 Å². The van der Waals surface area contributed by atoms with Gasteiger partial charge >= 0.3 is 0 Å². The molecule has 1 amide bonds. The lowest BCUT2D eigenvalue weighted by Gasteiger charge is -2.19. The van der Waals surface area contributed by atoms with Gasteiger partial charge in [-0.25, -0.2) is 5.01 Å². The third kappa shape index (κ3) is 2.73. The average molecular weight is 338 g/mol. The summed E-state index contributed by atoms with van der Waals surface area (Å²) in [6, 6.07) is 17.9. The van der Waals surface area contributed by atoms with E-state index in [1.54, 1.807) is 16.3 Å². The number of carbonyl (C=O) groups excluding carboxylic acids is 1. The lowest BCUT2D eigenvalue weighted by Crippen LogP contribution is -2.25. The molecule has 0 unspecified atom stereocenters. The van der Waals surface area contributed by atoms with E-state index in [0.717, 1.165) is 22.6 Å². The summed E-state index contributed by atoms with van der Waals surface area (Å²) in [4.78, 5) is 14.7. The number of amides is 1. The van der Waals surface area contributed by atoms with Crippen LogP contribution in [0.1, 0.15) is 32.6 Å². The highest BCUT2D eigenvalue weighted by Crippen LogP contribution is 2.36. The Kier molecular flexibility index (Phi) is 3.81. The second-order valence-corrected chi connectivity index (χ2v) is 7.20. The Morgan fingerprint density at radius 2 is 1.78 bits per heavy atom. The summed E-state index contributed by atoms with van der Waals surface area (Å²) in [6.45, 7) is 0. The van der Waals surface area contributed by atoms with Crippen molar-refractivity contribution >= 4 is 34.3 Å². The Bertz CT molecular complexity index is 823. The molecule has 0 fully saturated rings. The van der Waals surface area contributed by atoms with Gasteiger partial charge in [-0.2, -0.15) is 5.10 Å². The molecule has 4 rings (SSSR count). The average Bonchev–Trinajstić information content (AvgIpc) is 3.35. The topological polar surface area (TPSA) is 32.7 Å². The van der Waals surface area contributed by atoms with Gasteiger partial charge in [0.2, 0.25) is 0 Å². The molecular formula is C18H14N2OS2. The van der Waals surface area contributed by atoms with Crippen LogP contribution in [-0.2, 0) is 0 Å². The first kappa shape index (κ1) is 14.4. The summed E-state index contributed by atoms with van der Waals surface area (Å²) in [7, 11) is 0. The van der Waals surface area contributed by atoms with E-state index < -0.39 is 0 Å². The van der Waals surface area contributed by atoms with Crippen LogP contribution in [0.5, 0.6) is 0 Å². The minimum absolute atomic E-state index is 0.0141. The highest BCUT2D eigenvalue weighted by atomic mass is 32.1.